The van der Waals surface area contributed by atoms with Gasteiger partial charge in [0.15, 0.2) is 11.5 Å². The molecule has 3 aromatic carbocycles. The quantitative estimate of drug-likeness (QED) is 0.127. The molecule has 0 spiro atoms. The lowest BCUT2D eigenvalue weighted by Crippen LogP contribution is -2.54. The van der Waals surface area contributed by atoms with E-state index < -0.39 is 51.5 Å². The Labute approximate surface area is 242 Å². The number of nitrogens with one attached hydrogen (secondary N) is 1. The highest BCUT2D eigenvalue weighted by Gasteiger charge is 2.37. The smallest absolute Gasteiger partial charge is 0.416 e. The van der Waals surface area contributed by atoms with Crippen molar-refractivity contribution in [3.05, 3.63) is 90.9 Å². The average molecular weight is 655 g/mol. The summed E-state index contributed by atoms with van der Waals surface area (Å²) in [6.07, 6.45) is -3.63. The topological polar surface area (TPSA) is 128 Å². The summed E-state index contributed by atoms with van der Waals surface area (Å²) in [6, 6.07) is 9.41. The number of anilines is 1. The van der Waals surface area contributed by atoms with Crippen LogP contribution in [0.2, 0.25) is 5.02 Å². The zero-order valence-corrected chi connectivity index (χ0v) is 23.0. The number of hydrogen-bond acceptors (Lipinski definition) is 7. The van der Waals surface area contributed by atoms with Gasteiger partial charge in [-0.2, -0.15) is 13.2 Å². The number of imide groups is 2. The van der Waals surface area contributed by atoms with E-state index in [0.29, 0.717) is 12.1 Å². The molecule has 0 bridgehead atoms. The Hall–Kier alpha value is -4.43. The fourth-order valence-electron chi connectivity index (χ4n) is 3.74. The van der Waals surface area contributed by atoms with Gasteiger partial charge in [-0.25, -0.2) is 9.69 Å². The van der Waals surface area contributed by atoms with Crippen molar-refractivity contribution >= 4 is 62.8 Å². The van der Waals surface area contributed by atoms with Gasteiger partial charge >= 0.3 is 17.9 Å². The molecule has 1 N–H and O–H groups in total. The number of ether oxygens (including phenoxy) is 2. The van der Waals surface area contributed by atoms with Crippen LogP contribution in [-0.4, -0.2) is 29.4 Å². The minimum absolute atomic E-state index is 0.0191. The molecule has 10 nitrogen and oxygen atoms in total. The number of alkyl halides is 3. The molecule has 0 aliphatic carbocycles. The molecule has 1 aliphatic rings. The minimum atomic E-state index is -4.81. The number of nitro benzene ring substituents is 1. The Morgan fingerprint density at radius 1 is 1.10 bits per heavy atom. The molecule has 4 rings (SSSR count). The summed E-state index contributed by atoms with van der Waals surface area (Å²) < 4.78 is 50.6. The molecule has 15 heteroatoms. The molecule has 0 unspecified atom stereocenters. The number of hydrogen-bond donors (Lipinski definition) is 1. The standard InChI is InChI=1S/C26H16BrClF3N3O7/c1-2-40-21-10-13(8-17-23(35)32-25(37)33(24(17)36)16-5-3-4-15(28)12-16)9-18(27)22(21)41-20-7-6-14(26(29,30)31)11-19(20)34(38)39/h3-12H,2H2,1H3,(H,32,35,37)/b17-8+. The van der Waals surface area contributed by atoms with Crippen LogP contribution in [0.25, 0.3) is 6.08 Å². The van der Waals surface area contributed by atoms with E-state index in [1.165, 1.54) is 42.5 Å². The van der Waals surface area contributed by atoms with Gasteiger partial charge in [-0.15, -0.1) is 0 Å². The first-order valence-electron chi connectivity index (χ1n) is 11.5. The Morgan fingerprint density at radius 3 is 2.46 bits per heavy atom. The molecule has 0 aromatic heterocycles. The predicted molar refractivity (Wildman–Crippen MR) is 144 cm³/mol. The number of halogens is 5. The summed E-state index contributed by atoms with van der Waals surface area (Å²) in [7, 11) is 0. The molecule has 1 heterocycles. The van der Waals surface area contributed by atoms with E-state index in [1.807, 2.05) is 0 Å². The lowest BCUT2D eigenvalue weighted by molar-refractivity contribution is -0.385. The maximum Gasteiger partial charge on any atom is 0.416 e. The van der Waals surface area contributed by atoms with E-state index >= 15 is 0 Å². The van der Waals surface area contributed by atoms with Crippen molar-refractivity contribution in [1.82, 2.24) is 5.32 Å². The van der Waals surface area contributed by atoms with Crippen molar-refractivity contribution in [2.75, 3.05) is 11.5 Å². The van der Waals surface area contributed by atoms with Gasteiger partial charge in [-0.3, -0.25) is 25.0 Å². The largest absolute Gasteiger partial charge is 0.490 e. The predicted octanol–water partition coefficient (Wildman–Crippen LogP) is 6.89. The highest BCUT2D eigenvalue weighted by molar-refractivity contribution is 9.10. The fraction of sp³-hybridized carbons (Fsp3) is 0.115. The Balaban J connectivity index is 1.74. The van der Waals surface area contributed by atoms with Crippen LogP contribution in [-0.2, 0) is 15.8 Å². The SMILES string of the molecule is CCOc1cc(/C=C2\C(=O)NC(=O)N(c3cccc(Cl)c3)C2=O)cc(Br)c1Oc1ccc(C(F)(F)F)cc1[N+](=O)[O-]. The molecule has 1 saturated heterocycles. The van der Waals surface area contributed by atoms with Gasteiger partial charge in [0.1, 0.15) is 5.57 Å². The Morgan fingerprint density at radius 2 is 1.83 bits per heavy atom. The van der Waals surface area contributed by atoms with Crippen molar-refractivity contribution in [2.24, 2.45) is 0 Å². The first kappa shape index (κ1) is 29.6. The van der Waals surface area contributed by atoms with E-state index in [-0.39, 0.29) is 38.9 Å². The second kappa shape index (κ2) is 11.6. The summed E-state index contributed by atoms with van der Waals surface area (Å²) in [5, 5.41) is 13.8. The van der Waals surface area contributed by atoms with Gasteiger partial charge in [0.25, 0.3) is 11.8 Å². The molecular formula is C26H16BrClF3N3O7. The molecule has 0 radical (unpaired) electrons. The third kappa shape index (κ3) is 6.33. The summed E-state index contributed by atoms with van der Waals surface area (Å²) in [5.74, 6) is -2.53. The zero-order valence-electron chi connectivity index (χ0n) is 20.6. The summed E-state index contributed by atoms with van der Waals surface area (Å²) in [6.45, 7) is 1.70. The van der Waals surface area contributed by atoms with Crippen LogP contribution >= 0.6 is 27.5 Å². The third-order valence-electron chi connectivity index (χ3n) is 5.51. The molecule has 1 fully saturated rings. The first-order valence-corrected chi connectivity index (χ1v) is 12.6. The minimum Gasteiger partial charge on any atom is -0.490 e. The number of carbonyl (C=O) groups is 3. The number of nitrogens with zero attached hydrogens (tertiary/aromatic N) is 2. The van der Waals surface area contributed by atoms with E-state index in [1.54, 1.807) is 6.92 Å². The first-order chi connectivity index (χ1) is 19.3. The van der Waals surface area contributed by atoms with Gasteiger partial charge in [0.2, 0.25) is 5.75 Å². The van der Waals surface area contributed by atoms with E-state index in [9.17, 15) is 37.7 Å². The van der Waals surface area contributed by atoms with Gasteiger partial charge in [0.05, 0.1) is 27.3 Å². The van der Waals surface area contributed by atoms with Gasteiger partial charge in [-0.05, 0) is 77.0 Å². The highest BCUT2D eigenvalue weighted by Crippen LogP contribution is 2.44. The number of rotatable bonds is 7. The fourth-order valence-corrected chi connectivity index (χ4v) is 4.46. The summed E-state index contributed by atoms with van der Waals surface area (Å²) >= 11 is 9.22. The third-order valence-corrected chi connectivity index (χ3v) is 6.33. The second-order valence-corrected chi connectivity index (χ2v) is 9.53. The normalized spacial score (nSPS) is 14.7. The maximum absolute atomic E-state index is 13.2. The van der Waals surface area contributed by atoms with E-state index in [2.05, 4.69) is 21.2 Å². The molecule has 0 atom stereocenters. The van der Waals surface area contributed by atoms with Crippen molar-refractivity contribution < 1.29 is 42.0 Å². The Kier molecular flexibility index (Phi) is 8.35. The molecule has 0 saturated carbocycles. The van der Waals surface area contributed by atoms with E-state index in [4.69, 9.17) is 21.1 Å². The van der Waals surface area contributed by atoms with Crippen molar-refractivity contribution in [1.29, 1.82) is 0 Å². The second-order valence-electron chi connectivity index (χ2n) is 8.24. The molecule has 1 aliphatic heterocycles. The van der Waals surface area contributed by atoms with Crippen molar-refractivity contribution in [3.8, 4) is 17.2 Å². The number of barbiturate groups is 1. The van der Waals surface area contributed by atoms with Crippen LogP contribution in [0.3, 0.4) is 0 Å². The van der Waals surface area contributed by atoms with Crippen LogP contribution in [0.4, 0.5) is 29.3 Å². The molecular weight excluding hydrogens is 639 g/mol. The van der Waals surface area contributed by atoms with Gasteiger partial charge < -0.3 is 9.47 Å². The van der Waals surface area contributed by atoms with Gasteiger partial charge in [0, 0.05) is 11.1 Å². The summed E-state index contributed by atoms with van der Waals surface area (Å²) in [5.41, 5.74) is -2.24. The molecule has 212 valence electrons. The molecule has 3 aromatic rings. The molecule has 4 amide bonds. The van der Waals surface area contributed by atoms with Crippen LogP contribution in [0.5, 0.6) is 17.2 Å². The summed E-state index contributed by atoms with van der Waals surface area (Å²) in [4.78, 5) is 49.4. The van der Waals surface area contributed by atoms with Crippen molar-refractivity contribution in [3.63, 3.8) is 0 Å². The number of nitro groups is 1. The molecule has 41 heavy (non-hydrogen) atoms. The Bertz CT molecular complexity index is 1630. The number of carbonyl (C=O) groups excluding carboxylic acids is 3. The van der Waals surface area contributed by atoms with Crippen LogP contribution in [0.1, 0.15) is 18.1 Å². The van der Waals surface area contributed by atoms with Crippen molar-refractivity contribution in [2.45, 2.75) is 13.1 Å². The number of benzene rings is 3. The van der Waals surface area contributed by atoms with Crippen LogP contribution < -0.4 is 19.7 Å². The van der Waals surface area contributed by atoms with Gasteiger partial charge in [-0.1, -0.05) is 17.7 Å². The van der Waals surface area contributed by atoms with Crippen LogP contribution in [0, 0.1) is 10.1 Å². The van der Waals surface area contributed by atoms with Crippen LogP contribution in [0.15, 0.2) is 64.6 Å². The lowest BCUT2D eigenvalue weighted by atomic mass is 10.1. The average Bonchev–Trinajstić information content (AvgIpc) is 2.88. The van der Waals surface area contributed by atoms with E-state index in [0.717, 1.165) is 11.0 Å². The number of urea groups is 1. The maximum atomic E-state index is 13.2. The lowest BCUT2D eigenvalue weighted by Gasteiger charge is -2.26. The monoisotopic (exact) mass is 653 g/mol. The zero-order chi connectivity index (χ0) is 30.1. The number of amides is 4. The highest BCUT2D eigenvalue weighted by atomic mass is 79.9.